The van der Waals surface area contributed by atoms with Crippen LogP contribution in [0.15, 0.2) is 83.8 Å². The molecule has 0 aliphatic heterocycles. The fourth-order valence-corrected chi connectivity index (χ4v) is 3.47. The molecular weight excluding hydrogens is 422 g/mol. The molecule has 166 valence electrons. The van der Waals surface area contributed by atoms with Gasteiger partial charge in [-0.1, -0.05) is 30.3 Å². The number of carboxylic acids is 1. The Morgan fingerprint density at radius 2 is 1.55 bits per heavy atom. The van der Waals surface area contributed by atoms with Crippen molar-refractivity contribution >= 4 is 22.7 Å². The summed E-state index contributed by atoms with van der Waals surface area (Å²) in [4.78, 5) is 36.4. The molecule has 0 aliphatic rings. The topological polar surface area (TPSA) is 94.8 Å². The molecule has 33 heavy (non-hydrogen) atoms. The highest BCUT2D eigenvalue weighted by atomic mass is 16.5. The molecule has 0 spiro atoms. The molecule has 0 amide bonds. The fraction of sp³-hybridized carbons (Fsp3) is 0.115. The Balaban J connectivity index is 1.52. The van der Waals surface area contributed by atoms with Crippen LogP contribution in [0.5, 0.6) is 11.5 Å². The van der Waals surface area contributed by atoms with Crippen molar-refractivity contribution in [2.24, 2.45) is 0 Å². The zero-order chi connectivity index (χ0) is 23.4. The van der Waals surface area contributed by atoms with E-state index in [9.17, 15) is 14.4 Å². The minimum Gasteiger partial charge on any atom is -0.497 e. The highest BCUT2D eigenvalue weighted by Gasteiger charge is 2.10. The Labute approximate surface area is 189 Å². The third-order valence-electron chi connectivity index (χ3n) is 5.24. The molecule has 4 rings (SSSR count). The normalized spacial score (nSPS) is 10.7. The summed E-state index contributed by atoms with van der Waals surface area (Å²) < 4.78 is 12.1. The number of aromatic carboxylic acids is 1. The summed E-state index contributed by atoms with van der Waals surface area (Å²) >= 11 is 0. The first-order chi connectivity index (χ1) is 15.9. The van der Waals surface area contributed by atoms with E-state index in [2.05, 4.69) is 0 Å². The van der Waals surface area contributed by atoms with E-state index in [-0.39, 0.29) is 24.1 Å². The Morgan fingerprint density at radius 3 is 2.21 bits per heavy atom. The molecule has 4 aromatic rings. The fourth-order valence-electron chi connectivity index (χ4n) is 3.47. The lowest BCUT2D eigenvalue weighted by molar-refractivity contribution is -0.133. The summed E-state index contributed by atoms with van der Waals surface area (Å²) in [6.07, 6.45) is 1.78. The number of carboxylic acid groups (broad SMARTS) is 1. The standard InChI is InChI=1S/C26H21NO6/c1-32-21-9-4-17(5-10-21)14-24(28)33-22-11-8-19-12-13-27(25(29)23(19)15-22)16-18-2-6-20(7-3-18)26(30)31/h2-13,15H,14,16H2,1H3,(H,30,31). The maximum atomic E-state index is 13.0. The van der Waals surface area contributed by atoms with Gasteiger partial charge < -0.3 is 19.1 Å². The Bertz CT molecular complexity index is 1370. The van der Waals surface area contributed by atoms with Gasteiger partial charge in [-0.25, -0.2) is 4.79 Å². The average Bonchev–Trinajstić information content (AvgIpc) is 2.82. The van der Waals surface area contributed by atoms with E-state index < -0.39 is 11.9 Å². The number of hydrogen-bond donors (Lipinski definition) is 1. The van der Waals surface area contributed by atoms with Crippen molar-refractivity contribution in [3.63, 3.8) is 0 Å². The van der Waals surface area contributed by atoms with Crippen molar-refractivity contribution < 1.29 is 24.2 Å². The van der Waals surface area contributed by atoms with Crippen molar-refractivity contribution in [1.29, 1.82) is 0 Å². The minimum absolute atomic E-state index is 0.0907. The largest absolute Gasteiger partial charge is 0.497 e. The second kappa shape index (κ2) is 9.40. The van der Waals surface area contributed by atoms with E-state index in [0.717, 1.165) is 16.5 Å². The summed E-state index contributed by atoms with van der Waals surface area (Å²) in [7, 11) is 1.58. The van der Waals surface area contributed by atoms with Crippen LogP contribution in [0.25, 0.3) is 10.8 Å². The van der Waals surface area contributed by atoms with Crippen LogP contribution in [0.2, 0.25) is 0 Å². The molecule has 0 fully saturated rings. The number of rotatable bonds is 7. The van der Waals surface area contributed by atoms with Gasteiger partial charge in [0.25, 0.3) is 5.56 Å². The van der Waals surface area contributed by atoms with Gasteiger partial charge in [0.2, 0.25) is 0 Å². The zero-order valence-electron chi connectivity index (χ0n) is 17.9. The summed E-state index contributed by atoms with van der Waals surface area (Å²) in [5, 5.41) is 10.2. The molecule has 1 aromatic heterocycles. The van der Waals surface area contributed by atoms with Crippen molar-refractivity contribution in [2.75, 3.05) is 7.11 Å². The summed E-state index contributed by atoms with van der Waals surface area (Å²) in [5.41, 5.74) is 1.54. The van der Waals surface area contributed by atoms with E-state index in [0.29, 0.717) is 16.9 Å². The average molecular weight is 443 g/mol. The van der Waals surface area contributed by atoms with Crippen molar-refractivity contribution in [2.45, 2.75) is 13.0 Å². The van der Waals surface area contributed by atoms with Crippen LogP contribution in [-0.2, 0) is 17.8 Å². The summed E-state index contributed by atoms with van der Waals surface area (Å²) in [6.45, 7) is 0.288. The van der Waals surface area contributed by atoms with Crippen LogP contribution in [0, 0.1) is 0 Å². The summed E-state index contributed by atoms with van der Waals surface area (Å²) in [5.74, 6) is -0.440. The van der Waals surface area contributed by atoms with Gasteiger partial charge in [0.05, 0.1) is 31.0 Å². The van der Waals surface area contributed by atoms with Gasteiger partial charge in [0, 0.05) is 6.20 Å². The molecule has 0 saturated carbocycles. The van der Waals surface area contributed by atoms with Crippen LogP contribution in [0.1, 0.15) is 21.5 Å². The highest BCUT2D eigenvalue weighted by molar-refractivity contribution is 5.87. The highest BCUT2D eigenvalue weighted by Crippen LogP contribution is 2.20. The molecule has 3 aromatic carbocycles. The van der Waals surface area contributed by atoms with E-state index in [1.165, 1.54) is 16.7 Å². The Hall–Kier alpha value is -4.39. The van der Waals surface area contributed by atoms with Gasteiger partial charge >= 0.3 is 11.9 Å². The second-order valence-electron chi connectivity index (χ2n) is 7.50. The number of fused-ring (bicyclic) bond motifs is 1. The Morgan fingerprint density at radius 1 is 0.879 bits per heavy atom. The molecule has 0 saturated heterocycles. The molecule has 7 heteroatoms. The third kappa shape index (κ3) is 5.10. The molecular formula is C26H21NO6. The smallest absolute Gasteiger partial charge is 0.335 e. The van der Waals surface area contributed by atoms with Crippen molar-refractivity contribution in [1.82, 2.24) is 4.57 Å². The Kier molecular flexibility index (Phi) is 6.22. The third-order valence-corrected chi connectivity index (χ3v) is 5.24. The van der Waals surface area contributed by atoms with E-state index >= 15 is 0 Å². The van der Waals surface area contributed by atoms with Crippen LogP contribution < -0.4 is 15.0 Å². The van der Waals surface area contributed by atoms with E-state index in [1.54, 1.807) is 67.9 Å². The van der Waals surface area contributed by atoms with Crippen LogP contribution >= 0.6 is 0 Å². The number of carbonyl (C=O) groups is 2. The van der Waals surface area contributed by atoms with Crippen LogP contribution in [0.4, 0.5) is 0 Å². The van der Waals surface area contributed by atoms with Gasteiger partial charge in [-0.3, -0.25) is 9.59 Å². The maximum Gasteiger partial charge on any atom is 0.335 e. The number of esters is 1. The first kappa shape index (κ1) is 21.8. The van der Waals surface area contributed by atoms with Crippen LogP contribution in [-0.4, -0.2) is 28.7 Å². The lowest BCUT2D eigenvalue weighted by atomic mass is 10.1. The van der Waals surface area contributed by atoms with E-state index in [4.69, 9.17) is 14.6 Å². The molecule has 0 radical (unpaired) electrons. The number of ether oxygens (including phenoxy) is 2. The van der Waals surface area contributed by atoms with Gasteiger partial charge in [-0.05, 0) is 59.0 Å². The first-order valence-electron chi connectivity index (χ1n) is 10.2. The zero-order valence-corrected chi connectivity index (χ0v) is 17.9. The number of benzene rings is 3. The number of carbonyl (C=O) groups excluding carboxylic acids is 1. The second-order valence-corrected chi connectivity index (χ2v) is 7.50. The summed E-state index contributed by atoms with van der Waals surface area (Å²) in [6, 6.07) is 20.3. The number of nitrogens with zero attached hydrogens (tertiary/aromatic N) is 1. The lowest BCUT2D eigenvalue weighted by Crippen LogP contribution is -2.20. The number of pyridine rings is 1. The minimum atomic E-state index is -1.00. The quantitative estimate of drug-likeness (QED) is 0.344. The van der Waals surface area contributed by atoms with Crippen molar-refractivity contribution in [3.05, 3.63) is 106 Å². The van der Waals surface area contributed by atoms with Gasteiger partial charge in [-0.15, -0.1) is 0 Å². The SMILES string of the molecule is COc1ccc(CC(=O)Oc2ccc3ccn(Cc4ccc(C(=O)O)cc4)c(=O)c3c2)cc1. The van der Waals surface area contributed by atoms with Gasteiger partial charge in [0.1, 0.15) is 11.5 Å². The molecule has 1 heterocycles. The molecule has 0 aliphatic carbocycles. The predicted octanol–water partition coefficient (Wildman–Crippen LogP) is 3.90. The molecule has 0 bridgehead atoms. The van der Waals surface area contributed by atoms with Crippen molar-refractivity contribution in [3.8, 4) is 11.5 Å². The van der Waals surface area contributed by atoms with Gasteiger partial charge in [0.15, 0.2) is 0 Å². The number of aromatic nitrogens is 1. The monoisotopic (exact) mass is 443 g/mol. The molecule has 0 unspecified atom stereocenters. The van der Waals surface area contributed by atoms with E-state index in [1.807, 2.05) is 6.07 Å². The van der Waals surface area contributed by atoms with Crippen LogP contribution in [0.3, 0.4) is 0 Å². The molecule has 1 N–H and O–H groups in total. The molecule has 7 nitrogen and oxygen atoms in total. The lowest BCUT2D eigenvalue weighted by Gasteiger charge is -2.10. The number of hydrogen-bond acceptors (Lipinski definition) is 5. The molecule has 0 atom stereocenters. The first-order valence-corrected chi connectivity index (χ1v) is 10.2. The maximum absolute atomic E-state index is 13.0. The predicted molar refractivity (Wildman–Crippen MR) is 123 cm³/mol. The van der Waals surface area contributed by atoms with Gasteiger partial charge in [-0.2, -0.15) is 0 Å². The number of methoxy groups -OCH3 is 1.